The van der Waals surface area contributed by atoms with Gasteiger partial charge in [-0.05, 0) is 86.0 Å². The van der Waals surface area contributed by atoms with Crippen molar-refractivity contribution >= 4 is 0 Å². The SMILES string of the molecule is c1ccc(-c2ccc(-c3nc(-c4ccccc4)nc(-c4cccc(-c5cccc(-c6cccc(-c7cccc(-c8nc(-c9ccccc9)nc(-c9cccc(-c%10ccccc%10)c9)n8)c7)c6)c5)c4)n3)cc2)cc1. The van der Waals surface area contributed by atoms with E-state index in [-0.39, 0.29) is 0 Å². The zero-order valence-electron chi connectivity index (χ0n) is 39.1. The standard InChI is InChI=1S/C66H44N6/c1-5-18-45(19-6-1)47-36-38-50(39-37-47)63-67-61(48-22-9-3-10-23-48)68-64(71-63)59-34-16-31-56(43-59)54-29-13-27-52(40-54)53-28-14-30-55(41-53)57-32-17-35-60(44-57)66-70-62(49-24-11-4-12-25-49)69-65(72-66)58-33-15-26-51(42-58)46-20-7-2-8-21-46/h1-44H. The maximum Gasteiger partial charge on any atom is 0.164 e. The summed E-state index contributed by atoms with van der Waals surface area (Å²) in [7, 11) is 0. The first-order valence-electron chi connectivity index (χ1n) is 24.0. The number of benzene rings is 10. The van der Waals surface area contributed by atoms with E-state index < -0.39 is 0 Å². The number of rotatable bonds is 11. The average Bonchev–Trinajstić information content (AvgIpc) is 3.48. The van der Waals surface area contributed by atoms with Crippen molar-refractivity contribution in [3.05, 3.63) is 267 Å². The second-order valence-corrected chi connectivity index (χ2v) is 17.6. The van der Waals surface area contributed by atoms with E-state index >= 15 is 0 Å². The van der Waals surface area contributed by atoms with E-state index in [1.165, 1.54) is 0 Å². The van der Waals surface area contributed by atoms with Crippen molar-refractivity contribution in [3.8, 4) is 124 Å². The number of nitrogens with zero attached hydrogens (tertiary/aromatic N) is 6. The van der Waals surface area contributed by atoms with Gasteiger partial charge in [0.05, 0.1) is 0 Å². The molecule has 0 fully saturated rings. The molecule has 6 heteroatoms. The molecule has 0 spiro atoms. The summed E-state index contributed by atoms with van der Waals surface area (Å²) in [4.78, 5) is 30.3. The molecular formula is C66H44N6. The second kappa shape index (κ2) is 19.7. The summed E-state index contributed by atoms with van der Waals surface area (Å²) in [5.41, 5.74) is 16.6. The van der Waals surface area contributed by atoms with E-state index in [0.717, 1.165) is 89.0 Å². The number of aromatic nitrogens is 6. The molecule has 2 heterocycles. The van der Waals surface area contributed by atoms with E-state index in [9.17, 15) is 0 Å². The smallest absolute Gasteiger partial charge is 0.164 e. The van der Waals surface area contributed by atoms with Gasteiger partial charge in [0.25, 0.3) is 0 Å². The van der Waals surface area contributed by atoms with Crippen molar-refractivity contribution < 1.29 is 0 Å². The van der Waals surface area contributed by atoms with Crippen LogP contribution in [0.15, 0.2) is 267 Å². The van der Waals surface area contributed by atoms with E-state index in [1.54, 1.807) is 0 Å². The molecule has 0 atom stereocenters. The Hall–Kier alpha value is -9.78. The highest BCUT2D eigenvalue weighted by molar-refractivity contribution is 5.81. The molecule has 0 aliphatic rings. The third-order valence-corrected chi connectivity index (χ3v) is 12.8. The van der Waals surface area contributed by atoms with Gasteiger partial charge in [-0.2, -0.15) is 0 Å². The number of hydrogen-bond donors (Lipinski definition) is 0. The van der Waals surface area contributed by atoms with E-state index in [2.05, 4.69) is 194 Å². The average molecular weight is 921 g/mol. The molecule has 0 aliphatic carbocycles. The maximum absolute atomic E-state index is 5.11. The van der Waals surface area contributed by atoms with Crippen LogP contribution in [0.2, 0.25) is 0 Å². The fraction of sp³-hybridized carbons (Fsp3) is 0. The first-order chi connectivity index (χ1) is 35.6. The molecule has 338 valence electrons. The monoisotopic (exact) mass is 920 g/mol. The summed E-state index contributed by atoms with van der Waals surface area (Å²) in [6, 6.07) is 92.1. The quantitative estimate of drug-likeness (QED) is 0.129. The Bertz CT molecular complexity index is 3840. The third kappa shape index (κ3) is 9.36. The second-order valence-electron chi connectivity index (χ2n) is 17.6. The fourth-order valence-electron chi connectivity index (χ4n) is 9.04. The van der Waals surface area contributed by atoms with E-state index in [1.807, 2.05) is 72.8 Å². The minimum atomic E-state index is 0.610. The Morgan fingerprint density at radius 2 is 0.292 bits per heavy atom. The van der Waals surface area contributed by atoms with E-state index in [4.69, 9.17) is 29.9 Å². The van der Waals surface area contributed by atoms with Gasteiger partial charge in [0.15, 0.2) is 34.9 Å². The highest BCUT2D eigenvalue weighted by atomic mass is 15.0. The number of hydrogen-bond acceptors (Lipinski definition) is 6. The Balaban J connectivity index is 0.856. The molecule has 0 saturated heterocycles. The van der Waals surface area contributed by atoms with Gasteiger partial charge in [-0.15, -0.1) is 0 Å². The molecule has 0 N–H and O–H groups in total. The molecule has 0 aliphatic heterocycles. The van der Waals surface area contributed by atoms with Crippen LogP contribution in [0, 0.1) is 0 Å². The minimum Gasteiger partial charge on any atom is -0.208 e. The Morgan fingerprint density at radius 1 is 0.125 bits per heavy atom. The molecular weight excluding hydrogens is 877 g/mol. The summed E-state index contributed by atoms with van der Waals surface area (Å²) < 4.78 is 0. The first-order valence-corrected chi connectivity index (χ1v) is 24.0. The highest BCUT2D eigenvalue weighted by Crippen LogP contribution is 2.35. The van der Waals surface area contributed by atoms with Crippen LogP contribution in [0.5, 0.6) is 0 Å². The molecule has 0 bridgehead atoms. The summed E-state index contributed by atoms with van der Waals surface area (Å²) in [6.45, 7) is 0. The molecule has 0 radical (unpaired) electrons. The topological polar surface area (TPSA) is 77.3 Å². The largest absolute Gasteiger partial charge is 0.208 e. The summed E-state index contributed by atoms with van der Waals surface area (Å²) >= 11 is 0. The van der Waals surface area contributed by atoms with Gasteiger partial charge in [0.2, 0.25) is 0 Å². The van der Waals surface area contributed by atoms with Crippen molar-refractivity contribution in [1.29, 1.82) is 0 Å². The van der Waals surface area contributed by atoms with Crippen molar-refractivity contribution in [2.24, 2.45) is 0 Å². The van der Waals surface area contributed by atoms with E-state index in [0.29, 0.717) is 34.9 Å². The van der Waals surface area contributed by atoms with Crippen molar-refractivity contribution in [1.82, 2.24) is 29.9 Å². The molecule has 10 aromatic carbocycles. The predicted molar refractivity (Wildman–Crippen MR) is 293 cm³/mol. The van der Waals surface area contributed by atoms with Crippen LogP contribution >= 0.6 is 0 Å². The van der Waals surface area contributed by atoms with Crippen LogP contribution in [-0.2, 0) is 0 Å². The predicted octanol–water partition coefficient (Wildman–Crippen LogP) is 16.4. The zero-order valence-corrected chi connectivity index (χ0v) is 39.1. The minimum absolute atomic E-state index is 0.610. The lowest BCUT2D eigenvalue weighted by atomic mass is 9.95. The molecule has 0 saturated carbocycles. The van der Waals surface area contributed by atoms with Gasteiger partial charge in [-0.3, -0.25) is 0 Å². The van der Waals surface area contributed by atoms with Gasteiger partial charge in [-0.25, -0.2) is 29.9 Å². The summed E-state index contributed by atoms with van der Waals surface area (Å²) in [5.74, 6) is 3.71. The molecule has 12 aromatic rings. The summed E-state index contributed by atoms with van der Waals surface area (Å²) in [6.07, 6.45) is 0. The van der Waals surface area contributed by atoms with Crippen LogP contribution < -0.4 is 0 Å². The third-order valence-electron chi connectivity index (χ3n) is 12.8. The Morgan fingerprint density at radius 3 is 0.597 bits per heavy atom. The maximum atomic E-state index is 5.11. The van der Waals surface area contributed by atoms with Crippen LogP contribution in [0.3, 0.4) is 0 Å². The lowest BCUT2D eigenvalue weighted by Crippen LogP contribution is -2.00. The van der Waals surface area contributed by atoms with Gasteiger partial charge >= 0.3 is 0 Å². The first kappa shape index (κ1) is 43.5. The van der Waals surface area contributed by atoms with Crippen LogP contribution in [0.4, 0.5) is 0 Å². The molecule has 0 unspecified atom stereocenters. The molecule has 72 heavy (non-hydrogen) atoms. The van der Waals surface area contributed by atoms with Crippen LogP contribution in [-0.4, -0.2) is 29.9 Å². The molecule has 0 amide bonds. The van der Waals surface area contributed by atoms with Crippen LogP contribution in [0.1, 0.15) is 0 Å². The van der Waals surface area contributed by atoms with Crippen molar-refractivity contribution in [2.75, 3.05) is 0 Å². The Labute approximate surface area is 418 Å². The lowest BCUT2D eigenvalue weighted by molar-refractivity contribution is 1.07. The van der Waals surface area contributed by atoms with Crippen LogP contribution in [0.25, 0.3) is 124 Å². The molecule has 2 aromatic heterocycles. The van der Waals surface area contributed by atoms with Crippen molar-refractivity contribution in [2.45, 2.75) is 0 Å². The highest BCUT2D eigenvalue weighted by Gasteiger charge is 2.16. The summed E-state index contributed by atoms with van der Waals surface area (Å²) in [5, 5.41) is 0. The fourth-order valence-corrected chi connectivity index (χ4v) is 9.04. The van der Waals surface area contributed by atoms with Gasteiger partial charge < -0.3 is 0 Å². The lowest BCUT2D eigenvalue weighted by Gasteiger charge is -2.12. The van der Waals surface area contributed by atoms with Gasteiger partial charge in [0, 0.05) is 33.4 Å². The zero-order chi connectivity index (χ0) is 48.1. The van der Waals surface area contributed by atoms with Gasteiger partial charge in [0.1, 0.15) is 0 Å². The molecule has 6 nitrogen and oxygen atoms in total. The van der Waals surface area contributed by atoms with Crippen molar-refractivity contribution in [3.63, 3.8) is 0 Å². The normalized spacial score (nSPS) is 11.1. The molecule has 12 rings (SSSR count). The Kier molecular flexibility index (Phi) is 11.9. The van der Waals surface area contributed by atoms with Gasteiger partial charge in [-0.1, -0.05) is 237 Å².